The van der Waals surface area contributed by atoms with Crippen molar-refractivity contribution in [1.82, 2.24) is 5.43 Å². The van der Waals surface area contributed by atoms with Crippen LogP contribution in [0.15, 0.2) is 76.3 Å². The lowest BCUT2D eigenvalue weighted by molar-refractivity contribution is 0.0734. The molecule has 33 heavy (non-hydrogen) atoms. The summed E-state index contributed by atoms with van der Waals surface area (Å²) in [5.74, 6) is 0.106. The van der Waals surface area contributed by atoms with Crippen molar-refractivity contribution in [2.24, 2.45) is 5.10 Å². The number of hydrazone groups is 1. The maximum Gasteiger partial charge on any atom is 0.343 e. The molecule has 7 heteroatoms. The summed E-state index contributed by atoms with van der Waals surface area (Å²) in [7, 11) is 1.56. The molecule has 0 aliphatic heterocycles. The standard InChI is InChI=1S/C26H25BrN2O4/c1-26(2,3)20-9-5-17(6-10-20)24(30)29-28-16-19-15-21(27)11-14-23(19)33-25(31)18-7-12-22(32-4)13-8-18/h5-16H,1-4H3,(H,29,30)/b28-16-. The van der Waals surface area contributed by atoms with Crippen molar-refractivity contribution in [2.75, 3.05) is 7.11 Å². The minimum Gasteiger partial charge on any atom is -0.497 e. The van der Waals surface area contributed by atoms with Gasteiger partial charge in [0.2, 0.25) is 0 Å². The second-order valence-electron chi connectivity index (χ2n) is 8.33. The zero-order valence-corrected chi connectivity index (χ0v) is 20.5. The molecule has 0 saturated heterocycles. The number of methoxy groups -OCH3 is 1. The Bertz CT molecular complexity index is 1160. The minimum absolute atomic E-state index is 0.00745. The Morgan fingerprint density at radius 2 is 1.58 bits per heavy atom. The van der Waals surface area contributed by atoms with E-state index in [0.717, 1.165) is 10.0 Å². The van der Waals surface area contributed by atoms with Gasteiger partial charge in [0.1, 0.15) is 11.5 Å². The van der Waals surface area contributed by atoms with Crippen molar-refractivity contribution in [1.29, 1.82) is 0 Å². The topological polar surface area (TPSA) is 77.0 Å². The van der Waals surface area contributed by atoms with E-state index >= 15 is 0 Å². The molecule has 3 rings (SSSR count). The second-order valence-corrected chi connectivity index (χ2v) is 9.24. The van der Waals surface area contributed by atoms with Crippen LogP contribution >= 0.6 is 15.9 Å². The molecule has 6 nitrogen and oxygen atoms in total. The van der Waals surface area contributed by atoms with Gasteiger partial charge in [0.05, 0.1) is 18.9 Å². The Labute approximate surface area is 201 Å². The van der Waals surface area contributed by atoms with E-state index < -0.39 is 5.97 Å². The van der Waals surface area contributed by atoms with Crippen LogP contribution in [0, 0.1) is 0 Å². The van der Waals surface area contributed by atoms with Crippen LogP contribution in [0.3, 0.4) is 0 Å². The van der Waals surface area contributed by atoms with Crippen LogP contribution in [-0.2, 0) is 5.41 Å². The molecular weight excluding hydrogens is 484 g/mol. The number of amides is 1. The molecule has 1 N–H and O–H groups in total. The second kappa shape index (κ2) is 10.4. The van der Waals surface area contributed by atoms with Gasteiger partial charge in [0.25, 0.3) is 5.91 Å². The van der Waals surface area contributed by atoms with Crippen LogP contribution in [0.25, 0.3) is 0 Å². The Morgan fingerprint density at radius 3 is 2.18 bits per heavy atom. The monoisotopic (exact) mass is 508 g/mol. The number of esters is 1. The third-order valence-corrected chi connectivity index (χ3v) is 5.38. The largest absolute Gasteiger partial charge is 0.497 e. The number of halogens is 1. The number of hydrogen-bond donors (Lipinski definition) is 1. The molecule has 3 aromatic carbocycles. The maximum absolute atomic E-state index is 12.5. The normalized spacial score (nSPS) is 11.3. The van der Waals surface area contributed by atoms with E-state index in [1.165, 1.54) is 6.21 Å². The summed E-state index contributed by atoms with van der Waals surface area (Å²) in [6, 6.07) is 19.2. The molecule has 0 unspecified atom stereocenters. The predicted molar refractivity (Wildman–Crippen MR) is 132 cm³/mol. The molecule has 0 aliphatic rings. The van der Waals surface area contributed by atoms with Gasteiger partial charge >= 0.3 is 5.97 Å². The molecule has 3 aromatic rings. The van der Waals surface area contributed by atoms with Crippen molar-refractivity contribution in [2.45, 2.75) is 26.2 Å². The van der Waals surface area contributed by atoms with Crippen LogP contribution in [0.5, 0.6) is 11.5 Å². The zero-order chi connectivity index (χ0) is 24.0. The third kappa shape index (κ3) is 6.52. The Hall–Kier alpha value is -3.45. The zero-order valence-electron chi connectivity index (χ0n) is 18.9. The summed E-state index contributed by atoms with van der Waals surface area (Å²) in [4.78, 5) is 25.0. The van der Waals surface area contributed by atoms with Crippen LogP contribution in [0.1, 0.15) is 52.6 Å². The molecule has 0 aromatic heterocycles. The van der Waals surface area contributed by atoms with E-state index in [1.54, 1.807) is 61.7 Å². The molecule has 0 radical (unpaired) electrons. The number of carbonyl (C=O) groups is 2. The van der Waals surface area contributed by atoms with Gasteiger partial charge in [-0.2, -0.15) is 5.10 Å². The summed E-state index contributed by atoms with van der Waals surface area (Å²) >= 11 is 3.40. The van der Waals surface area contributed by atoms with Crippen molar-refractivity contribution < 1.29 is 19.1 Å². The molecule has 170 valence electrons. The number of nitrogens with zero attached hydrogens (tertiary/aromatic N) is 1. The molecule has 1 amide bonds. The molecule has 0 fully saturated rings. The van der Waals surface area contributed by atoms with E-state index in [9.17, 15) is 9.59 Å². The van der Waals surface area contributed by atoms with Crippen molar-refractivity contribution in [3.05, 3.63) is 93.5 Å². The Morgan fingerprint density at radius 1 is 0.939 bits per heavy atom. The summed E-state index contributed by atoms with van der Waals surface area (Å²) in [6.45, 7) is 6.34. The first-order valence-corrected chi connectivity index (χ1v) is 11.1. The Kier molecular flexibility index (Phi) is 7.66. The van der Waals surface area contributed by atoms with Crippen LogP contribution in [0.2, 0.25) is 0 Å². The highest BCUT2D eigenvalue weighted by atomic mass is 79.9. The highest BCUT2D eigenvalue weighted by Crippen LogP contribution is 2.24. The molecule has 0 bridgehead atoms. The van der Waals surface area contributed by atoms with E-state index in [0.29, 0.717) is 28.2 Å². The molecule has 0 heterocycles. The number of hydrogen-bond acceptors (Lipinski definition) is 5. The SMILES string of the molecule is COc1ccc(C(=O)Oc2ccc(Br)cc2/C=N\NC(=O)c2ccc(C(C)(C)C)cc2)cc1. The van der Waals surface area contributed by atoms with Gasteiger partial charge in [-0.3, -0.25) is 4.79 Å². The lowest BCUT2D eigenvalue weighted by Crippen LogP contribution is -2.18. The summed E-state index contributed by atoms with van der Waals surface area (Å²) < 4.78 is 11.4. The van der Waals surface area contributed by atoms with Gasteiger partial charge < -0.3 is 9.47 Å². The third-order valence-electron chi connectivity index (χ3n) is 4.88. The first kappa shape index (κ1) is 24.2. The van der Waals surface area contributed by atoms with Gasteiger partial charge in [-0.15, -0.1) is 0 Å². The number of ether oxygens (including phenoxy) is 2. The van der Waals surface area contributed by atoms with Crippen molar-refractivity contribution in [3.63, 3.8) is 0 Å². The summed E-state index contributed by atoms with van der Waals surface area (Å²) in [5.41, 5.74) is 5.06. The van der Waals surface area contributed by atoms with Gasteiger partial charge in [-0.1, -0.05) is 48.8 Å². The predicted octanol–water partition coefficient (Wildman–Crippen LogP) is 5.74. The van der Waals surface area contributed by atoms with Gasteiger partial charge in [-0.25, -0.2) is 10.2 Å². The quantitative estimate of drug-likeness (QED) is 0.199. The fraction of sp³-hybridized carbons (Fsp3) is 0.192. The minimum atomic E-state index is -0.516. The van der Waals surface area contributed by atoms with Crippen molar-refractivity contribution in [3.8, 4) is 11.5 Å². The van der Waals surface area contributed by atoms with Gasteiger partial charge in [0, 0.05) is 15.6 Å². The average Bonchev–Trinajstić information content (AvgIpc) is 2.80. The van der Waals surface area contributed by atoms with Crippen LogP contribution in [-0.4, -0.2) is 25.2 Å². The van der Waals surface area contributed by atoms with E-state index in [-0.39, 0.29) is 11.3 Å². The molecule has 0 aliphatic carbocycles. The summed E-state index contributed by atoms with van der Waals surface area (Å²) in [6.07, 6.45) is 1.43. The number of benzene rings is 3. The summed E-state index contributed by atoms with van der Waals surface area (Å²) in [5, 5.41) is 4.04. The molecule has 0 saturated carbocycles. The van der Waals surface area contributed by atoms with Gasteiger partial charge in [0.15, 0.2) is 0 Å². The molecule has 0 atom stereocenters. The van der Waals surface area contributed by atoms with E-state index in [1.807, 2.05) is 12.1 Å². The fourth-order valence-corrected chi connectivity index (χ4v) is 3.32. The average molecular weight is 509 g/mol. The van der Waals surface area contributed by atoms with Crippen LogP contribution < -0.4 is 14.9 Å². The Balaban J connectivity index is 1.70. The number of nitrogens with one attached hydrogen (secondary N) is 1. The lowest BCUT2D eigenvalue weighted by atomic mass is 9.87. The number of carbonyl (C=O) groups excluding carboxylic acids is 2. The first-order chi connectivity index (χ1) is 15.7. The van der Waals surface area contributed by atoms with E-state index in [2.05, 4.69) is 47.2 Å². The van der Waals surface area contributed by atoms with Crippen LogP contribution in [0.4, 0.5) is 0 Å². The lowest BCUT2D eigenvalue weighted by Gasteiger charge is -2.18. The van der Waals surface area contributed by atoms with E-state index in [4.69, 9.17) is 9.47 Å². The maximum atomic E-state index is 12.5. The highest BCUT2D eigenvalue weighted by molar-refractivity contribution is 9.10. The fourth-order valence-electron chi connectivity index (χ4n) is 2.95. The number of rotatable bonds is 6. The molecule has 0 spiro atoms. The highest BCUT2D eigenvalue weighted by Gasteiger charge is 2.15. The van der Waals surface area contributed by atoms with Gasteiger partial charge in [-0.05, 0) is 65.6 Å². The molecular formula is C26H25BrN2O4. The van der Waals surface area contributed by atoms with Crippen molar-refractivity contribution >= 4 is 34.0 Å². The smallest absolute Gasteiger partial charge is 0.343 e. The first-order valence-electron chi connectivity index (χ1n) is 10.3.